The highest BCUT2D eigenvalue weighted by molar-refractivity contribution is 6.34. The SMILES string of the molecule is Nc1cnc(OC(=O)c2ccc3c(c2)C(=O)N(c2ccc(-c4ccc(N5C(=O)c6ccc(C(=O)Oc7ncc(N)cn7)cc6C5=O)cc4C(F)(F)F)c(C(F)(F)F)c2)C3)nc1. The van der Waals surface area contributed by atoms with E-state index in [0.717, 1.165) is 53.7 Å². The van der Waals surface area contributed by atoms with E-state index in [1.54, 1.807) is 0 Å². The van der Waals surface area contributed by atoms with Crippen LogP contribution in [0.2, 0.25) is 0 Å². The van der Waals surface area contributed by atoms with Gasteiger partial charge in [-0.15, -0.1) is 0 Å². The van der Waals surface area contributed by atoms with E-state index < -0.39 is 70.0 Å². The van der Waals surface area contributed by atoms with Crippen LogP contribution in [0.3, 0.4) is 0 Å². The van der Waals surface area contributed by atoms with Crippen LogP contribution in [0.25, 0.3) is 11.1 Å². The maximum absolute atomic E-state index is 14.7. The van der Waals surface area contributed by atoms with E-state index in [4.69, 9.17) is 20.9 Å². The summed E-state index contributed by atoms with van der Waals surface area (Å²) >= 11 is 0. The van der Waals surface area contributed by atoms with Gasteiger partial charge in [-0.3, -0.25) is 14.4 Å². The molecule has 2 aliphatic rings. The van der Waals surface area contributed by atoms with Crippen LogP contribution < -0.4 is 30.7 Å². The summed E-state index contributed by atoms with van der Waals surface area (Å²) in [5.74, 6) is -5.00. The summed E-state index contributed by atoms with van der Waals surface area (Å²) in [6, 6.07) is 10.6. The quantitative estimate of drug-likeness (QED) is 0.0995. The van der Waals surface area contributed by atoms with Gasteiger partial charge >= 0.3 is 36.3 Å². The number of esters is 2. The minimum absolute atomic E-state index is 0.0441. The number of nitrogen functional groups attached to an aromatic ring is 2. The number of carbonyl (C=O) groups is 5. The number of halogens is 6. The molecular formula is C40H22F6N8O7. The van der Waals surface area contributed by atoms with Crippen LogP contribution in [0.4, 0.5) is 49.1 Å². The lowest BCUT2D eigenvalue weighted by Gasteiger charge is -2.23. The Kier molecular flexibility index (Phi) is 9.44. The maximum atomic E-state index is 14.7. The molecule has 0 fully saturated rings. The summed E-state index contributed by atoms with van der Waals surface area (Å²) in [4.78, 5) is 82.2. The van der Waals surface area contributed by atoms with Crippen LogP contribution in [-0.4, -0.2) is 49.6 Å². The smallest absolute Gasteiger partial charge is 0.396 e. The largest absolute Gasteiger partial charge is 0.417 e. The fourth-order valence-corrected chi connectivity index (χ4v) is 6.59. The lowest BCUT2D eigenvalue weighted by atomic mass is 9.93. The summed E-state index contributed by atoms with van der Waals surface area (Å²) < 4.78 is 98.6. The third kappa shape index (κ3) is 7.39. The summed E-state index contributed by atoms with van der Waals surface area (Å²) in [6.45, 7) is -0.246. The number of anilines is 4. The van der Waals surface area contributed by atoms with Crippen molar-refractivity contribution in [3.05, 3.63) is 142 Å². The molecule has 6 aromatic rings. The van der Waals surface area contributed by atoms with Gasteiger partial charge in [-0.05, 0) is 71.3 Å². The Bertz CT molecular complexity index is 2850. The van der Waals surface area contributed by atoms with Gasteiger partial charge in [0.15, 0.2) is 0 Å². The van der Waals surface area contributed by atoms with Crippen molar-refractivity contribution < 1.29 is 59.8 Å². The first-order chi connectivity index (χ1) is 28.9. The minimum atomic E-state index is -5.32. The normalized spacial score (nSPS) is 13.6. The van der Waals surface area contributed by atoms with Crippen molar-refractivity contribution in [2.24, 2.45) is 0 Å². The molecule has 0 atom stereocenters. The molecule has 61 heavy (non-hydrogen) atoms. The van der Waals surface area contributed by atoms with Gasteiger partial charge in [0.25, 0.3) is 17.7 Å². The second-order valence-corrected chi connectivity index (χ2v) is 13.3. The molecule has 0 unspecified atom stereocenters. The zero-order valence-corrected chi connectivity index (χ0v) is 30.4. The molecule has 3 amide bonds. The molecule has 0 saturated heterocycles. The number of rotatable bonds is 7. The molecule has 0 radical (unpaired) electrons. The third-order valence-corrected chi connectivity index (χ3v) is 9.41. The number of hydrogen-bond acceptors (Lipinski definition) is 13. The number of nitrogens with two attached hydrogens (primary N) is 2. The van der Waals surface area contributed by atoms with Gasteiger partial charge < -0.3 is 25.8 Å². The molecule has 15 nitrogen and oxygen atoms in total. The van der Waals surface area contributed by atoms with E-state index in [1.807, 2.05) is 0 Å². The summed E-state index contributed by atoms with van der Waals surface area (Å²) in [5.41, 5.74) is 4.71. The van der Waals surface area contributed by atoms with Gasteiger partial charge in [0, 0.05) is 11.3 Å². The van der Waals surface area contributed by atoms with Crippen molar-refractivity contribution >= 4 is 52.4 Å². The highest BCUT2D eigenvalue weighted by Crippen LogP contribution is 2.46. The monoisotopic (exact) mass is 840 g/mol. The lowest BCUT2D eigenvalue weighted by Crippen LogP contribution is -2.29. The van der Waals surface area contributed by atoms with Gasteiger partial charge in [-0.25, -0.2) is 34.4 Å². The van der Waals surface area contributed by atoms with E-state index in [-0.39, 0.29) is 63.4 Å². The number of carbonyl (C=O) groups excluding carboxylic acids is 5. The van der Waals surface area contributed by atoms with Crippen LogP contribution >= 0.6 is 0 Å². The molecule has 0 bridgehead atoms. The zero-order chi connectivity index (χ0) is 43.5. The minimum Gasteiger partial charge on any atom is -0.396 e. The van der Waals surface area contributed by atoms with Gasteiger partial charge in [0.1, 0.15) is 0 Å². The Hall–Kier alpha value is -8.23. The van der Waals surface area contributed by atoms with E-state index >= 15 is 0 Å². The van der Waals surface area contributed by atoms with Crippen LogP contribution in [0.15, 0.2) is 97.6 Å². The average molecular weight is 841 g/mol. The average Bonchev–Trinajstić information content (AvgIpc) is 3.69. The first-order valence-corrected chi connectivity index (χ1v) is 17.4. The number of ether oxygens (including phenoxy) is 2. The molecule has 306 valence electrons. The van der Waals surface area contributed by atoms with E-state index in [9.17, 15) is 50.3 Å². The van der Waals surface area contributed by atoms with Gasteiger partial charge in [-0.2, -0.15) is 26.3 Å². The Balaban J connectivity index is 1.08. The Labute approximate surface area is 337 Å². The van der Waals surface area contributed by atoms with Crippen molar-refractivity contribution in [3.8, 4) is 23.1 Å². The van der Waals surface area contributed by atoms with Crippen LogP contribution in [-0.2, 0) is 18.9 Å². The second kappa shape index (κ2) is 14.5. The number of aromatic nitrogens is 4. The first kappa shape index (κ1) is 39.6. The lowest BCUT2D eigenvalue weighted by molar-refractivity contribution is -0.139. The summed E-state index contributed by atoms with van der Waals surface area (Å²) in [6.07, 6.45) is -5.87. The molecule has 4 N–H and O–H groups in total. The Morgan fingerprint density at radius 3 is 1.51 bits per heavy atom. The number of fused-ring (bicyclic) bond motifs is 2. The fraction of sp³-hybridized carbons (Fsp3) is 0.0750. The molecule has 0 saturated carbocycles. The molecule has 0 spiro atoms. The number of benzene rings is 4. The van der Waals surface area contributed by atoms with Crippen molar-refractivity contribution in [1.82, 2.24) is 19.9 Å². The van der Waals surface area contributed by atoms with Crippen LogP contribution in [0.1, 0.15) is 68.5 Å². The molecule has 21 heteroatoms. The summed E-state index contributed by atoms with van der Waals surface area (Å²) in [5, 5.41) is 0. The van der Waals surface area contributed by atoms with Gasteiger partial charge in [-0.1, -0.05) is 18.2 Å². The Morgan fingerprint density at radius 1 is 0.541 bits per heavy atom. The summed E-state index contributed by atoms with van der Waals surface area (Å²) in [7, 11) is 0. The molecule has 4 aromatic carbocycles. The van der Waals surface area contributed by atoms with Crippen molar-refractivity contribution in [2.75, 3.05) is 21.3 Å². The molecule has 2 aromatic heterocycles. The molecule has 4 heterocycles. The van der Waals surface area contributed by atoms with Crippen molar-refractivity contribution in [3.63, 3.8) is 0 Å². The third-order valence-electron chi connectivity index (χ3n) is 9.41. The van der Waals surface area contributed by atoms with E-state index in [0.29, 0.717) is 28.7 Å². The highest BCUT2D eigenvalue weighted by atomic mass is 19.4. The predicted molar refractivity (Wildman–Crippen MR) is 199 cm³/mol. The molecular weight excluding hydrogens is 818 g/mol. The van der Waals surface area contributed by atoms with Crippen molar-refractivity contribution in [1.29, 1.82) is 0 Å². The topological polar surface area (TPSA) is 214 Å². The number of imide groups is 1. The van der Waals surface area contributed by atoms with Gasteiger partial charge in [0.2, 0.25) is 0 Å². The van der Waals surface area contributed by atoms with Crippen molar-refractivity contribution in [2.45, 2.75) is 18.9 Å². The van der Waals surface area contributed by atoms with Crippen LogP contribution in [0.5, 0.6) is 12.0 Å². The molecule has 8 rings (SSSR count). The number of nitrogens with zero attached hydrogens (tertiary/aromatic N) is 6. The predicted octanol–water partition coefficient (Wildman–Crippen LogP) is 6.54. The maximum Gasteiger partial charge on any atom is 0.417 e. The molecule has 2 aliphatic heterocycles. The zero-order valence-electron chi connectivity index (χ0n) is 30.4. The fourth-order valence-electron chi connectivity index (χ4n) is 6.59. The number of amides is 3. The Morgan fingerprint density at radius 2 is 0.984 bits per heavy atom. The highest BCUT2D eigenvalue weighted by Gasteiger charge is 2.42. The first-order valence-electron chi connectivity index (χ1n) is 17.4. The van der Waals surface area contributed by atoms with E-state index in [1.165, 1.54) is 30.6 Å². The van der Waals surface area contributed by atoms with Crippen LogP contribution in [0, 0.1) is 0 Å². The van der Waals surface area contributed by atoms with E-state index in [2.05, 4.69) is 19.9 Å². The standard InChI is InChI=1S/C40H22F6N8O7/c41-39(42,43)30-11-23(53-17-20-2-1-18(9-28(20)32(53)55)35(58)60-37-49-13-21(47)14-50-37)4-7-25(30)26-8-5-24(12-31(26)40(44,45)46)54-33(56)27-6-3-19(10-29(27)34(54)57)36(59)61-38-51-15-22(48)16-52-38/h1-16H,17,47-48H2. The molecule has 0 aliphatic carbocycles. The number of alkyl halides is 6. The van der Waals surface area contributed by atoms with Gasteiger partial charge in [0.05, 0.1) is 81.8 Å². The second-order valence-electron chi connectivity index (χ2n) is 13.3. The number of hydrogen-bond donors (Lipinski definition) is 2.